The number of hydrogen-bond acceptors (Lipinski definition) is 2. The fourth-order valence-corrected chi connectivity index (χ4v) is 1.66. The summed E-state index contributed by atoms with van der Waals surface area (Å²) in [5, 5.41) is 8.36. The molecule has 0 radical (unpaired) electrons. The Balaban J connectivity index is 2.95. The van der Waals surface area contributed by atoms with Crippen molar-refractivity contribution in [3.05, 3.63) is 28.2 Å². The molecule has 0 aliphatic rings. The van der Waals surface area contributed by atoms with Crippen LogP contribution < -0.4 is 4.74 Å². The molecule has 0 atom stereocenters. The van der Waals surface area contributed by atoms with Gasteiger partial charge in [0.05, 0.1) is 10.4 Å². The van der Waals surface area contributed by atoms with E-state index < -0.39 is 0 Å². The molecule has 2 nitrogen and oxygen atoms in total. The predicted molar refractivity (Wildman–Crippen MR) is 54.8 cm³/mol. The number of benzene rings is 1. The fourth-order valence-electron chi connectivity index (χ4n) is 0.925. The Morgan fingerprint density at radius 1 is 1.54 bits per heavy atom. The first-order valence-electron chi connectivity index (χ1n) is 3.62. The van der Waals surface area contributed by atoms with E-state index in [4.69, 9.17) is 21.6 Å². The second-order valence-electron chi connectivity index (χ2n) is 2.31. The molecule has 1 aromatic rings. The molecule has 0 aliphatic carbocycles. The molecule has 68 valence electrons. The molecule has 1 aromatic carbocycles. The predicted octanol–water partition coefficient (Wildman–Crippen LogP) is 3.09. The first-order valence-corrected chi connectivity index (χ1v) is 4.95. The Hall–Kier alpha value is -0.720. The van der Waals surface area contributed by atoms with Crippen LogP contribution in [0.3, 0.4) is 0 Å². The summed E-state index contributed by atoms with van der Waals surface area (Å²) < 4.78 is 6.04. The van der Waals surface area contributed by atoms with Crippen LogP contribution in [0.15, 0.2) is 22.7 Å². The lowest BCUT2D eigenvalue weighted by Gasteiger charge is -2.08. The lowest BCUT2D eigenvalue weighted by molar-refractivity contribution is 0.363. The van der Waals surface area contributed by atoms with E-state index in [0.717, 1.165) is 10.0 Å². The van der Waals surface area contributed by atoms with Crippen molar-refractivity contribution < 1.29 is 4.74 Å². The van der Waals surface area contributed by atoms with Gasteiger partial charge in [0.1, 0.15) is 11.8 Å². The third-order valence-electron chi connectivity index (χ3n) is 1.47. The van der Waals surface area contributed by atoms with E-state index in [0.29, 0.717) is 11.6 Å². The second-order valence-corrected chi connectivity index (χ2v) is 3.43. The Morgan fingerprint density at radius 2 is 2.31 bits per heavy atom. The first-order chi connectivity index (χ1) is 6.29. The van der Waals surface area contributed by atoms with Gasteiger partial charge < -0.3 is 4.74 Å². The van der Waals surface area contributed by atoms with Gasteiger partial charge in [-0.15, -0.1) is 11.6 Å². The summed E-state index contributed by atoms with van der Waals surface area (Å²) >= 11 is 9.02. The number of alkyl halides is 1. The number of nitrogens with zero attached hydrogens (tertiary/aromatic N) is 1. The maximum absolute atomic E-state index is 8.36. The number of ether oxygens (including phenoxy) is 1. The largest absolute Gasteiger partial charge is 0.477 e. The molecule has 0 heterocycles. The van der Waals surface area contributed by atoms with E-state index in [-0.39, 0.29) is 6.61 Å². The van der Waals surface area contributed by atoms with Gasteiger partial charge in [-0.3, -0.25) is 0 Å². The van der Waals surface area contributed by atoms with Crippen LogP contribution in [0, 0.1) is 11.3 Å². The molecule has 0 saturated carbocycles. The van der Waals surface area contributed by atoms with Crippen LogP contribution in [-0.2, 0) is 5.88 Å². The minimum atomic E-state index is 0.0342. The summed E-state index contributed by atoms with van der Waals surface area (Å²) in [6.07, 6.45) is 0. The molecule has 0 fully saturated rings. The third-order valence-corrected chi connectivity index (χ3v) is 2.39. The highest BCUT2D eigenvalue weighted by Gasteiger charge is 2.06. The van der Waals surface area contributed by atoms with Crippen molar-refractivity contribution in [3.63, 3.8) is 0 Å². The van der Waals surface area contributed by atoms with E-state index >= 15 is 0 Å². The van der Waals surface area contributed by atoms with Gasteiger partial charge in [-0.1, -0.05) is 12.1 Å². The zero-order chi connectivity index (χ0) is 9.68. The standard InChI is InChI=1S/C9H7BrClNO/c10-8-3-1-2-7(6-11)9(8)13-5-4-12/h1-3H,5-6H2. The van der Waals surface area contributed by atoms with E-state index in [1.807, 2.05) is 24.3 Å². The van der Waals surface area contributed by atoms with Gasteiger partial charge in [0, 0.05) is 5.56 Å². The number of halogens is 2. The maximum atomic E-state index is 8.36. The molecule has 13 heavy (non-hydrogen) atoms. The zero-order valence-corrected chi connectivity index (χ0v) is 9.10. The van der Waals surface area contributed by atoms with Crippen LogP contribution in [-0.4, -0.2) is 6.61 Å². The average molecular weight is 261 g/mol. The van der Waals surface area contributed by atoms with Gasteiger partial charge in [-0.05, 0) is 22.0 Å². The fraction of sp³-hybridized carbons (Fsp3) is 0.222. The van der Waals surface area contributed by atoms with Gasteiger partial charge in [-0.25, -0.2) is 0 Å². The molecule has 1 rings (SSSR count). The van der Waals surface area contributed by atoms with Crippen LogP contribution in [0.1, 0.15) is 5.56 Å². The van der Waals surface area contributed by atoms with Gasteiger partial charge >= 0.3 is 0 Å². The van der Waals surface area contributed by atoms with Crippen LogP contribution >= 0.6 is 27.5 Å². The molecule has 0 spiro atoms. The molecule has 0 aliphatic heterocycles. The SMILES string of the molecule is N#CCOc1c(Br)cccc1CCl. The molecule has 0 bridgehead atoms. The number of para-hydroxylation sites is 1. The second kappa shape index (κ2) is 5.11. The van der Waals surface area contributed by atoms with Gasteiger partial charge in [0.2, 0.25) is 0 Å². The monoisotopic (exact) mass is 259 g/mol. The summed E-state index contributed by atoms with van der Waals surface area (Å²) in [5.74, 6) is 1.03. The van der Waals surface area contributed by atoms with Gasteiger partial charge in [0.25, 0.3) is 0 Å². The summed E-state index contributed by atoms with van der Waals surface area (Å²) in [5.41, 5.74) is 0.881. The molecule has 0 aromatic heterocycles. The van der Waals surface area contributed by atoms with Gasteiger partial charge in [-0.2, -0.15) is 5.26 Å². The first kappa shape index (κ1) is 10.4. The van der Waals surface area contributed by atoms with Crippen LogP contribution in [0.25, 0.3) is 0 Å². The van der Waals surface area contributed by atoms with Gasteiger partial charge in [0.15, 0.2) is 6.61 Å². The molecule has 0 N–H and O–H groups in total. The molecular formula is C9H7BrClNO. The number of nitriles is 1. The van der Waals surface area contributed by atoms with E-state index in [9.17, 15) is 0 Å². The van der Waals surface area contributed by atoms with Crippen molar-refractivity contribution in [2.24, 2.45) is 0 Å². The van der Waals surface area contributed by atoms with Crippen molar-refractivity contribution in [3.8, 4) is 11.8 Å². The lowest BCUT2D eigenvalue weighted by Crippen LogP contribution is -1.97. The Morgan fingerprint density at radius 3 is 2.92 bits per heavy atom. The van der Waals surface area contributed by atoms with Crippen LogP contribution in [0.2, 0.25) is 0 Å². The highest BCUT2D eigenvalue weighted by atomic mass is 79.9. The van der Waals surface area contributed by atoms with Crippen LogP contribution in [0.4, 0.5) is 0 Å². The van der Waals surface area contributed by atoms with E-state index in [1.165, 1.54) is 0 Å². The minimum absolute atomic E-state index is 0.0342. The topological polar surface area (TPSA) is 33.0 Å². The molecule has 0 saturated heterocycles. The van der Waals surface area contributed by atoms with Crippen LogP contribution in [0.5, 0.6) is 5.75 Å². The zero-order valence-electron chi connectivity index (χ0n) is 6.76. The molecule has 0 amide bonds. The highest BCUT2D eigenvalue weighted by Crippen LogP contribution is 2.29. The van der Waals surface area contributed by atoms with E-state index in [2.05, 4.69) is 15.9 Å². The summed E-state index contributed by atoms with van der Waals surface area (Å²) in [7, 11) is 0. The maximum Gasteiger partial charge on any atom is 0.174 e. The van der Waals surface area contributed by atoms with Crippen molar-refractivity contribution in [2.45, 2.75) is 5.88 Å². The van der Waals surface area contributed by atoms with Crippen molar-refractivity contribution >= 4 is 27.5 Å². The lowest BCUT2D eigenvalue weighted by atomic mass is 10.2. The van der Waals surface area contributed by atoms with Crippen molar-refractivity contribution in [1.82, 2.24) is 0 Å². The van der Waals surface area contributed by atoms with Crippen molar-refractivity contribution in [1.29, 1.82) is 5.26 Å². The molecule has 0 unspecified atom stereocenters. The molecular weight excluding hydrogens is 253 g/mol. The van der Waals surface area contributed by atoms with Crippen molar-refractivity contribution in [2.75, 3.05) is 6.61 Å². The highest BCUT2D eigenvalue weighted by molar-refractivity contribution is 9.10. The minimum Gasteiger partial charge on any atom is -0.477 e. The number of rotatable bonds is 3. The normalized spacial score (nSPS) is 9.31. The van der Waals surface area contributed by atoms with E-state index in [1.54, 1.807) is 0 Å². The average Bonchev–Trinajstić information content (AvgIpc) is 2.15. The Bertz CT molecular complexity index is 335. The Kier molecular flexibility index (Phi) is 4.07. The smallest absolute Gasteiger partial charge is 0.174 e. The molecule has 4 heteroatoms. The summed E-state index contributed by atoms with van der Waals surface area (Å²) in [4.78, 5) is 0. The third kappa shape index (κ3) is 2.61. The Labute approximate surface area is 90.2 Å². The summed E-state index contributed by atoms with van der Waals surface area (Å²) in [6.45, 7) is 0.0342. The summed E-state index contributed by atoms with van der Waals surface area (Å²) in [6, 6.07) is 7.50. The number of hydrogen-bond donors (Lipinski definition) is 0. The quantitative estimate of drug-likeness (QED) is 0.783.